The number of benzene rings is 2. The van der Waals surface area contributed by atoms with Crippen molar-refractivity contribution in [2.24, 2.45) is 0 Å². The molecule has 0 spiro atoms. The van der Waals surface area contributed by atoms with Gasteiger partial charge in [-0.1, -0.05) is 23.7 Å². The van der Waals surface area contributed by atoms with Gasteiger partial charge in [-0.05, 0) is 29.3 Å². The molecule has 0 unspecified atom stereocenters. The predicted octanol–water partition coefficient (Wildman–Crippen LogP) is 4.40. The number of anilines is 1. The Kier molecular flexibility index (Phi) is 3.48. The fourth-order valence-electron chi connectivity index (χ4n) is 2.33. The molecule has 114 valence electrons. The second-order valence-electron chi connectivity index (χ2n) is 4.80. The largest absolute Gasteiger partial charge is 0.573 e. The molecule has 22 heavy (non-hydrogen) atoms. The summed E-state index contributed by atoms with van der Waals surface area (Å²) in [5, 5.41) is 3.00. The van der Waals surface area contributed by atoms with Gasteiger partial charge in [-0.25, -0.2) is 0 Å². The van der Waals surface area contributed by atoms with Crippen LogP contribution in [0.15, 0.2) is 36.4 Å². The van der Waals surface area contributed by atoms with Crippen molar-refractivity contribution in [2.75, 3.05) is 5.32 Å². The maximum Gasteiger partial charge on any atom is 0.573 e. The standard InChI is InChI=1S/C15H9ClF3NO2/c16-10-3-1-8-5-9-2-4-11(22-15(17,18)19)7-13(9)20-14(21)12(8)6-10/h1-4,6-7H,5H2,(H,20,21). The Labute approximate surface area is 128 Å². The number of amides is 1. The third-order valence-electron chi connectivity index (χ3n) is 3.26. The van der Waals surface area contributed by atoms with E-state index in [0.717, 1.165) is 11.6 Å². The van der Waals surface area contributed by atoms with Gasteiger partial charge >= 0.3 is 6.36 Å². The number of hydrogen-bond donors (Lipinski definition) is 1. The van der Waals surface area contributed by atoms with E-state index in [0.29, 0.717) is 28.3 Å². The van der Waals surface area contributed by atoms with Crippen LogP contribution in [0.1, 0.15) is 21.5 Å². The number of rotatable bonds is 1. The van der Waals surface area contributed by atoms with E-state index in [1.54, 1.807) is 12.1 Å². The summed E-state index contributed by atoms with van der Waals surface area (Å²) in [6.45, 7) is 0. The normalized spacial score (nSPS) is 13.7. The van der Waals surface area contributed by atoms with Gasteiger partial charge in [0, 0.05) is 28.8 Å². The van der Waals surface area contributed by atoms with Crippen LogP contribution in [0, 0.1) is 0 Å². The molecule has 1 aliphatic rings. The van der Waals surface area contributed by atoms with Crippen molar-refractivity contribution < 1.29 is 22.7 Å². The first-order chi connectivity index (χ1) is 10.3. The highest BCUT2D eigenvalue weighted by Gasteiger charge is 2.31. The van der Waals surface area contributed by atoms with E-state index >= 15 is 0 Å². The first-order valence-electron chi connectivity index (χ1n) is 6.30. The van der Waals surface area contributed by atoms with Crippen molar-refractivity contribution in [2.45, 2.75) is 12.8 Å². The first-order valence-corrected chi connectivity index (χ1v) is 6.68. The van der Waals surface area contributed by atoms with Crippen LogP contribution in [0.3, 0.4) is 0 Å². The van der Waals surface area contributed by atoms with Crippen molar-refractivity contribution in [3.63, 3.8) is 0 Å². The van der Waals surface area contributed by atoms with Gasteiger partial charge in [-0.2, -0.15) is 0 Å². The average molecular weight is 328 g/mol. The van der Waals surface area contributed by atoms with E-state index in [2.05, 4.69) is 10.1 Å². The Morgan fingerprint density at radius 1 is 1.09 bits per heavy atom. The van der Waals surface area contributed by atoms with Gasteiger partial charge in [0.1, 0.15) is 5.75 Å². The third kappa shape index (κ3) is 3.01. The SMILES string of the molecule is O=C1Nc2cc(OC(F)(F)F)ccc2Cc2ccc(Cl)cc21. The number of carbonyl (C=O) groups excluding carboxylic acids is 1. The highest BCUT2D eigenvalue weighted by Crippen LogP contribution is 2.32. The van der Waals surface area contributed by atoms with Crippen molar-refractivity contribution in [3.05, 3.63) is 58.1 Å². The van der Waals surface area contributed by atoms with Crippen LogP contribution >= 0.6 is 11.6 Å². The van der Waals surface area contributed by atoms with Gasteiger partial charge in [0.15, 0.2) is 0 Å². The Morgan fingerprint density at radius 2 is 1.82 bits per heavy atom. The van der Waals surface area contributed by atoms with Gasteiger partial charge in [-0.15, -0.1) is 13.2 Å². The summed E-state index contributed by atoms with van der Waals surface area (Å²) < 4.78 is 40.7. The Bertz CT molecular complexity index is 759. The highest BCUT2D eigenvalue weighted by molar-refractivity contribution is 6.31. The molecule has 7 heteroatoms. The molecule has 0 aliphatic carbocycles. The van der Waals surface area contributed by atoms with Crippen LogP contribution in [0.25, 0.3) is 0 Å². The Balaban J connectivity index is 1.99. The quantitative estimate of drug-likeness (QED) is 0.843. The van der Waals surface area contributed by atoms with Gasteiger partial charge in [0.2, 0.25) is 0 Å². The number of nitrogens with one attached hydrogen (secondary N) is 1. The summed E-state index contributed by atoms with van der Waals surface area (Å²) in [7, 11) is 0. The predicted molar refractivity (Wildman–Crippen MR) is 75.3 cm³/mol. The van der Waals surface area contributed by atoms with Crippen LogP contribution in [0.5, 0.6) is 5.75 Å². The van der Waals surface area contributed by atoms with E-state index < -0.39 is 12.3 Å². The zero-order chi connectivity index (χ0) is 15.9. The summed E-state index contributed by atoms with van der Waals surface area (Å²) in [6.07, 6.45) is -4.37. The van der Waals surface area contributed by atoms with Gasteiger partial charge in [0.25, 0.3) is 5.91 Å². The number of ether oxygens (including phenoxy) is 1. The number of halogens is 4. The molecule has 3 rings (SSSR count). The van der Waals surface area contributed by atoms with E-state index in [-0.39, 0.29) is 5.75 Å². The lowest BCUT2D eigenvalue weighted by Crippen LogP contribution is -2.17. The fourth-order valence-corrected chi connectivity index (χ4v) is 2.50. The molecule has 1 amide bonds. The summed E-state index contributed by atoms with van der Waals surface area (Å²) >= 11 is 5.88. The summed E-state index contributed by atoms with van der Waals surface area (Å²) in [5.41, 5.74) is 2.15. The molecule has 3 nitrogen and oxygen atoms in total. The van der Waals surface area contributed by atoms with E-state index in [4.69, 9.17) is 11.6 Å². The van der Waals surface area contributed by atoms with Gasteiger partial charge in [-0.3, -0.25) is 4.79 Å². The molecule has 1 aliphatic heterocycles. The molecule has 1 heterocycles. The number of alkyl halides is 3. The maximum atomic E-state index is 12.3. The van der Waals surface area contributed by atoms with Crippen molar-refractivity contribution in [1.82, 2.24) is 0 Å². The molecular formula is C15H9ClF3NO2. The fraction of sp³-hybridized carbons (Fsp3) is 0.133. The molecule has 0 saturated carbocycles. The summed E-state index contributed by atoms with van der Waals surface area (Å²) in [5.74, 6) is -0.795. The van der Waals surface area contributed by atoms with Crippen LogP contribution in [0.4, 0.5) is 18.9 Å². The molecule has 1 N–H and O–H groups in total. The second kappa shape index (κ2) is 5.21. The van der Waals surface area contributed by atoms with E-state index in [1.807, 2.05) is 0 Å². The van der Waals surface area contributed by atoms with Crippen molar-refractivity contribution in [3.8, 4) is 5.75 Å². The van der Waals surface area contributed by atoms with Crippen LogP contribution < -0.4 is 10.1 Å². The van der Waals surface area contributed by atoms with Crippen molar-refractivity contribution >= 4 is 23.2 Å². The molecule has 2 aromatic rings. The second-order valence-corrected chi connectivity index (χ2v) is 5.24. The molecule has 0 fully saturated rings. The van der Waals surface area contributed by atoms with Crippen LogP contribution in [-0.4, -0.2) is 12.3 Å². The highest BCUT2D eigenvalue weighted by atomic mass is 35.5. The molecule has 2 aromatic carbocycles. The lowest BCUT2D eigenvalue weighted by atomic mass is 10.0. The summed E-state index contributed by atoms with van der Waals surface area (Å²) in [4.78, 5) is 12.2. The molecule has 0 bridgehead atoms. The number of hydrogen-bond acceptors (Lipinski definition) is 2. The molecular weight excluding hydrogens is 319 g/mol. The molecule has 0 aromatic heterocycles. The zero-order valence-corrected chi connectivity index (χ0v) is 11.8. The monoisotopic (exact) mass is 327 g/mol. The minimum absolute atomic E-state index is 0.291. The van der Waals surface area contributed by atoms with Gasteiger partial charge in [0.05, 0.1) is 0 Å². The minimum atomic E-state index is -4.78. The van der Waals surface area contributed by atoms with E-state index in [9.17, 15) is 18.0 Å². The lowest BCUT2D eigenvalue weighted by molar-refractivity contribution is -0.274. The van der Waals surface area contributed by atoms with Crippen LogP contribution in [0.2, 0.25) is 5.02 Å². The van der Waals surface area contributed by atoms with E-state index in [1.165, 1.54) is 18.2 Å². The Hall–Kier alpha value is -2.21. The average Bonchev–Trinajstić information content (AvgIpc) is 2.53. The van der Waals surface area contributed by atoms with Crippen molar-refractivity contribution in [1.29, 1.82) is 0 Å². The topological polar surface area (TPSA) is 38.3 Å². The van der Waals surface area contributed by atoms with Gasteiger partial charge < -0.3 is 10.1 Å². The summed E-state index contributed by atoms with van der Waals surface area (Å²) in [6, 6.07) is 8.81. The van der Waals surface area contributed by atoms with Crippen LogP contribution in [-0.2, 0) is 6.42 Å². The first kappa shape index (κ1) is 14.7. The smallest absolute Gasteiger partial charge is 0.406 e. The lowest BCUT2D eigenvalue weighted by Gasteiger charge is -2.12. The molecule has 0 saturated heterocycles. The third-order valence-corrected chi connectivity index (χ3v) is 3.50. The molecule has 0 atom stereocenters. The number of carbonyl (C=O) groups is 1. The minimum Gasteiger partial charge on any atom is -0.406 e. The molecule has 0 radical (unpaired) electrons. The zero-order valence-electron chi connectivity index (χ0n) is 11.0. The number of fused-ring (bicyclic) bond motifs is 2. The maximum absolute atomic E-state index is 12.3. The Morgan fingerprint density at radius 3 is 2.55 bits per heavy atom.